The van der Waals surface area contributed by atoms with Crippen molar-refractivity contribution in [2.75, 3.05) is 12.4 Å². The van der Waals surface area contributed by atoms with Gasteiger partial charge in [-0.05, 0) is 47.8 Å². The summed E-state index contributed by atoms with van der Waals surface area (Å²) in [5.41, 5.74) is 0.885. The number of hydrogen-bond acceptors (Lipinski definition) is 8. The highest BCUT2D eigenvalue weighted by Crippen LogP contribution is 2.23. The van der Waals surface area contributed by atoms with Crippen molar-refractivity contribution in [2.45, 2.75) is 6.54 Å². The number of benzene rings is 2. The smallest absolute Gasteiger partial charge is 0.281 e. The Morgan fingerprint density at radius 2 is 1.90 bits per heavy atom. The topological polar surface area (TPSA) is 112 Å². The molecule has 0 atom stereocenters. The molecule has 0 aliphatic rings. The van der Waals surface area contributed by atoms with Crippen LogP contribution in [0.4, 0.5) is 11.6 Å². The van der Waals surface area contributed by atoms with E-state index in [0.29, 0.717) is 18.1 Å². The van der Waals surface area contributed by atoms with Gasteiger partial charge in [0.1, 0.15) is 5.75 Å². The van der Waals surface area contributed by atoms with Crippen molar-refractivity contribution >= 4 is 28.9 Å². The van der Waals surface area contributed by atoms with E-state index < -0.39 is 10.8 Å². The largest absolute Gasteiger partial charge is 0.497 e. The number of carbonyl (C=O) groups is 1. The van der Waals surface area contributed by atoms with Crippen LogP contribution in [0.1, 0.15) is 15.2 Å². The Hall–Kier alpha value is -4.05. The van der Waals surface area contributed by atoms with Crippen molar-refractivity contribution in [1.82, 2.24) is 14.8 Å². The van der Waals surface area contributed by atoms with E-state index in [1.54, 1.807) is 42.7 Å². The first-order valence-corrected chi connectivity index (χ1v) is 10.1. The number of anilines is 1. The summed E-state index contributed by atoms with van der Waals surface area (Å²) >= 11 is 1.58. The molecule has 0 saturated carbocycles. The molecule has 156 valence electrons. The molecule has 0 fully saturated rings. The normalized spacial score (nSPS) is 10.6. The van der Waals surface area contributed by atoms with Crippen LogP contribution in [0.15, 0.2) is 66.0 Å². The Morgan fingerprint density at radius 3 is 2.52 bits per heavy atom. The number of hydrogen-bond donors (Lipinski definition) is 1. The molecule has 9 nitrogen and oxygen atoms in total. The Labute approximate surface area is 181 Å². The van der Waals surface area contributed by atoms with Crippen LogP contribution < -0.4 is 10.1 Å². The molecule has 2 heterocycles. The molecule has 0 radical (unpaired) electrons. The van der Waals surface area contributed by atoms with Gasteiger partial charge in [-0.1, -0.05) is 6.07 Å². The molecule has 0 aliphatic carbocycles. The molecule has 0 spiro atoms. The third kappa shape index (κ3) is 4.43. The number of nitro groups is 1. The predicted octanol–water partition coefficient (Wildman–Crippen LogP) is 4.22. The highest BCUT2D eigenvalue weighted by Gasteiger charge is 2.20. The molecule has 0 bridgehead atoms. The number of rotatable bonds is 7. The van der Waals surface area contributed by atoms with Crippen molar-refractivity contribution in [2.24, 2.45) is 0 Å². The molecular formula is C21H17N5O4S. The molecule has 2 aromatic heterocycles. The van der Waals surface area contributed by atoms with Crippen LogP contribution in [0, 0.1) is 10.1 Å². The molecule has 31 heavy (non-hydrogen) atoms. The van der Waals surface area contributed by atoms with Crippen LogP contribution in [0.3, 0.4) is 0 Å². The standard InChI is InChI=1S/C21H17N5O4S/c1-30-17-10-6-14(7-11-17)19-23-21(22-13-18-3-2-12-31-18)25(24-19)20(27)15-4-8-16(9-5-15)26(28)29/h2-12H,13H2,1H3,(H,22,23,24). The molecular weight excluding hydrogens is 418 g/mol. The van der Waals surface area contributed by atoms with Gasteiger partial charge in [-0.3, -0.25) is 14.9 Å². The van der Waals surface area contributed by atoms with E-state index in [2.05, 4.69) is 15.4 Å². The minimum atomic E-state index is -0.514. The maximum absolute atomic E-state index is 13.1. The lowest BCUT2D eigenvalue weighted by Crippen LogP contribution is -2.17. The van der Waals surface area contributed by atoms with Gasteiger partial charge in [0.2, 0.25) is 5.95 Å². The van der Waals surface area contributed by atoms with Crippen LogP contribution in [0.5, 0.6) is 5.75 Å². The average Bonchev–Trinajstić information content (AvgIpc) is 3.47. The number of nitrogens with zero attached hydrogens (tertiary/aromatic N) is 4. The molecule has 0 amide bonds. The number of nitro benzene ring substituents is 1. The van der Waals surface area contributed by atoms with E-state index in [0.717, 1.165) is 10.4 Å². The Bertz CT molecular complexity index is 1200. The fraction of sp³-hybridized carbons (Fsp3) is 0.0952. The maximum atomic E-state index is 13.1. The third-order valence-corrected chi connectivity index (χ3v) is 5.35. The lowest BCUT2D eigenvalue weighted by atomic mass is 10.2. The molecule has 10 heteroatoms. The zero-order valence-corrected chi connectivity index (χ0v) is 17.2. The summed E-state index contributed by atoms with van der Waals surface area (Å²) in [6.45, 7) is 0.478. The number of carbonyl (C=O) groups excluding carboxylic acids is 1. The summed E-state index contributed by atoms with van der Waals surface area (Å²) in [4.78, 5) is 29.0. The van der Waals surface area contributed by atoms with Gasteiger partial charge in [-0.25, -0.2) is 0 Å². The van der Waals surface area contributed by atoms with E-state index in [9.17, 15) is 14.9 Å². The van der Waals surface area contributed by atoms with Crippen LogP contribution in [0.2, 0.25) is 0 Å². The van der Waals surface area contributed by atoms with Crippen molar-refractivity contribution < 1.29 is 14.5 Å². The fourth-order valence-electron chi connectivity index (χ4n) is 2.86. The minimum absolute atomic E-state index is 0.0925. The van der Waals surface area contributed by atoms with Crippen LogP contribution >= 0.6 is 11.3 Å². The molecule has 0 unspecified atom stereocenters. The van der Waals surface area contributed by atoms with Gasteiger partial charge in [-0.2, -0.15) is 9.67 Å². The van der Waals surface area contributed by atoms with Crippen molar-refractivity contribution in [3.63, 3.8) is 0 Å². The van der Waals surface area contributed by atoms with Gasteiger partial charge in [0.15, 0.2) is 5.82 Å². The highest BCUT2D eigenvalue weighted by molar-refractivity contribution is 7.09. The second kappa shape index (κ2) is 8.76. The third-order valence-electron chi connectivity index (χ3n) is 4.47. The number of ether oxygens (including phenoxy) is 1. The van der Waals surface area contributed by atoms with Gasteiger partial charge in [0.25, 0.3) is 11.6 Å². The maximum Gasteiger partial charge on any atom is 0.281 e. The predicted molar refractivity (Wildman–Crippen MR) is 116 cm³/mol. The van der Waals surface area contributed by atoms with Gasteiger partial charge >= 0.3 is 0 Å². The lowest BCUT2D eigenvalue weighted by molar-refractivity contribution is -0.384. The summed E-state index contributed by atoms with van der Waals surface area (Å²) in [5.74, 6) is 0.895. The molecule has 4 rings (SSSR count). The second-order valence-corrected chi connectivity index (χ2v) is 7.47. The van der Waals surface area contributed by atoms with Crippen LogP contribution in [0.25, 0.3) is 11.4 Å². The first kappa shape index (κ1) is 20.2. The van der Waals surface area contributed by atoms with Gasteiger partial charge in [0.05, 0.1) is 18.6 Å². The number of nitrogens with one attached hydrogen (secondary N) is 1. The van der Waals surface area contributed by atoms with Gasteiger partial charge in [-0.15, -0.1) is 16.4 Å². The van der Waals surface area contributed by atoms with Crippen LogP contribution in [-0.4, -0.2) is 32.7 Å². The SMILES string of the molecule is COc1ccc(-c2nc(NCc3cccs3)n(C(=O)c3ccc([N+](=O)[O-])cc3)n2)cc1. The number of non-ortho nitro benzene ring substituents is 1. The first-order chi connectivity index (χ1) is 15.0. The fourth-order valence-corrected chi connectivity index (χ4v) is 3.50. The summed E-state index contributed by atoms with van der Waals surface area (Å²) < 4.78 is 6.35. The van der Waals surface area contributed by atoms with Gasteiger partial charge in [0, 0.05) is 28.1 Å². The van der Waals surface area contributed by atoms with E-state index >= 15 is 0 Å². The molecule has 1 N–H and O–H groups in total. The zero-order valence-electron chi connectivity index (χ0n) is 16.4. The van der Waals surface area contributed by atoms with E-state index in [4.69, 9.17) is 4.74 Å². The number of thiophene rings is 1. The summed E-state index contributed by atoms with van der Waals surface area (Å²) in [6, 6.07) is 16.5. The second-order valence-electron chi connectivity index (χ2n) is 6.44. The van der Waals surface area contributed by atoms with Crippen molar-refractivity contribution in [3.05, 3.63) is 86.6 Å². The Balaban J connectivity index is 1.68. The Kier molecular flexibility index (Phi) is 5.72. The summed E-state index contributed by atoms with van der Waals surface area (Å²) in [5, 5.41) is 20.4. The summed E-state index contributed by atoms with van der Waals surface area (Å²) in [6.07, 6.45) is 0. The Morgan fingerprint density at radius 1 is 1.16 bits per heavy atom. The monoisotopic (exact) mass is 435 g/mol. The molecule has 0 aliphatic heterocycles. The zero-order chi connectivity index (χ0) is 21.8. The minimum Gasteiger partial charge on any atom is -0.497 e. The average molecular weight is 435 g/mol. The van der Waals surface area contributed by atoms with Crippen molar-refractivity contribution in [3.8, 4) is 17.1 Å². The first-order valence-electron chi connectivity index (χ1n) is 9.22. The van der Waals surface area contributed by atoms with E-state index in [-0.39, 0.29) is 17.2 Å². The molecule has 4 aromatic rings. The lowest BCUT2D eigenvalue weighted by Gasteiger charge is -2.06. The number of methoxy groups -OCH3 is 1. The summed E-state index contributed by atoms with van der Waals surface area (Å²) in [7, 11) is 1.58. The van der Waals surface area contributed by atoms with Crippen LogP contribution in [-0.2, 0) is 6.54 Å². The van der Waals surface area contributed by atoms with Gasteiger partial charge < -0.3 is 10.1 Å². The van der Waals surface area contributed by atoms with E-state index in [1.807, 2.05) is 17.5 Å². The highest BCUT2D eigenvalue weighted by atomic mass is 32.1. The van der Waals surface area contributed by atoms with Crippen molar-refractivity contribution in [1.29, 1.82) is 0 Å². The molecule has 0 saturated heterocycles. The number of aromatic nitrogens is 3. The quantitative estimate of drug-likeness (QED) is 0.341. The molecule has 2 aromatic carbocycles. The van der Waals surface area contributed by atoms with E-state index in [1.165, 1.54) is 28.9 Å².